The molecule has 0 fully saturated rings. The van der Waals surface area contributed by atoms with Gasteiger partial charge in [0.1, 0.15) is 0 Å². The van der Waals surface area contributed by atoms with Gasteiger partial charge in [-0.05, 0) is 25.4 Å². The van der Waals surface area contributed by atoms with Crippen LogP contribution in [0.5, 0.6) is 0 Å². The molecule has 0 aromatic carbocycles. The highest BCUT2D eigenvalue weighted by Gasteiger charge is 2.11. The Morgan fingerprint density at radius 1 is 1.50 bits per heavy atom. The Morgan fingerprint density at radius 3 is 2.80 bits per heavy atom. The first-order valence-corrected chi connectivity index (χ1v) is 7.25. The van der Waals surface area contributed by atoms with Crippen molar-refractivity contribution in [1.82, 2.24) is 15.4 Å². The van der Waals surface area contributed by atoms with Crippen LogP contribution in [0.2, 0.25) is 0 Å². The number of H-pyrrole nitrogens is 2. The van der Waals surface area contributed by atoms with Crippen LogP contribution < -0.4 is 22.4 Å². The number of thioether (sulfide) groups is 1. The highest BCUT2D eigenvalue weighted by molar-refractivity contribution is 7.98. The molecule has 110 valence electrons. The zero-order valence-corrected chi connectivity index (χ0v) is 12.0. The van der Waals surface area contributed by atoms with E-state index in [2.05, 4.69) is 20.5 Å². The van der Waals surface area contributed by atoms with Crippen molar-refractivity contribution in [2.75, 3.05) is 12.0 Å². The number of hydrogen-bond acceptors (Lipinski definition) is 6. The molecule has 1 atom stereocenters. The summed E-state index contributed by atoms with van der Waals surface area (Å²) in [6.07, 6.45) is 3.64. The van der Waals surface area contributed by atoms with Gasteiger partial charge in [0, 0.05) is 5.69 Å². The normalized spacial score (nSPS) is 12.6. The highest BCUT2D eigenvalue weighted by Crippen LogP contribution is 1.98. The highest BCUT2D eigenvalue weighted by atomic mass is 32.2. The van der Waals surface area contributed by atoms with Gasteiger partial charge >= 0.3 is 5.69 Å². The molecule has 0 radical (unpaired) electrons. The van der Waals surface area contributed by atoms with Gasteiger partial charge < -0.3 is 10.7 Å². The quantitative estimate of drug-likeness (QED) is 0.391. The number of hydrazone groups is 1. The summed E-state index contributed by atoms with van der Waals surface area (Å²) in [6, 6.07) is -0.644. The third-order valence-corrected chi connectivity index (χ3v) is 3.16. The summed E-state index contributed by atoms with van der Waals surface area (Å²) in [7, 11) is 0. The molecular weight excluding hydrogens is 282 g/mol. The van der Waals surface area contributed by atoms with E-state index in [1.165, 1.54) is 6.21 Å². The Labute approximate surface area is 119 Å². The molecule has 1 amide bonds. The molecule has 1 aromatic rings. The van der Waals surface area contributed by atoms with E-state index in [4.69, 9.17) is 5.73 Å². The van der Waals surface area contributed by atoms with Crippen molar-refractivity contribution in [3.05, 3.63) is 32.1 Å². The monoisotopic (exact) mass is 299 g/mol. The molecule has 0 aliphatic heterocycles. The number of carbonyl (C=O) groups is 1. The Bertz CT molecular complexity index is 607. The first-order chi connectivity index (χ1) is 9.45. The Hall–Kier alpha value is -1.87. The van der Waals surface area contributed by atoms with Crippen molar-refractivity contribution in [2.24, 2.45) is 10.8 Å². The molecule has 0 bridgehead atoms. The van der Waals surface area contributed by atoms with Gasteiger partial charge in [-0.3, -0.25) is 14.6 Å². The van der Waals surface area contributed by atoms with Crippen LogP contribution in [0.25, 0.3) is 0 Å². The van der Waals surface area contributed by atoms with Gasteiger partial charge in [-0.15, -0.1) is 0 Å². The molecule has 0 aliphatic rings. The van der Waals surface area contributed by atoms with Crippen molar-refractivity contribution in [1.29, 1.82) is 0 Å². The molecule has 0 spiro atoms. The van der Waals surface area contributed by atoms with Gasteiger partial charge in [0.2, 0.25) is 0 Å². The first-order valence-electron chi connectivity index (χ1n) is 5.86. The maximum Gasteiger partial charge on any atom is 0.325 e. The molecular formula is C11H17N5O3S. The molecule has 0 aliphatic carbocycles. The topological polar surface area (TPSA) is 133 Å². The number of aryl methyl sites for hydroxylation is 1. The summed E-state index contributed by atoms with van der Waals surface area (Å²) in [5.74, 6) is 0.352. The summed E-state index contributed by atoms with van der Waals surface area (Å²) >= 11 is 1.60. The fourth-order valence-electron chi connectivity index (χ4n) is 1.38. The van der Waals surface area contributed by atoms with Crippen LogP contribution in [0.3, 0.4) is 0 Å². The van der Waals surface area contributed by atoms with Gasteiger partial charge in [0.05, 0.1) is 17.8 Å². The number of rotatable bonds is 6. The van der Waals surface area contributed by atoms with Crippen LogP contribution >= 0.6 is 11.8 Å². The van der Waals surface area contributed by atoms with Crippen molar-refractivity contribution in [2.45, 2.75) is 19.4 Å². The number of hydrogen-bond donors (Lipinski definition) is 4. The van der Waals surface area contributed by atoms with E-state index in [9.17, 15) is 14.4 Å². The predicted octanol–water partition coefficient (Wildman–Crippen LogP) is -1.10. The van der Waals surface area contributed by atoms with Gasteiger partial charge in [0.15, 0.2) is 0 Å². The van der Waals surface area contributed by atoms with E-state index in [1.54, 1.807) is 18.7 Å². The molecule has 5 N–H and O–H groups in total. The minimum atomic E-state index is -0.644. The molecule has 0 saturated carbocycles. The molecule has 1 unspecified atom stereocenters. The van der Waals surface area contributed by atoms with Crippen LogP contribution in [0.15, 0.2) is 14.7 Å². The fourth-order valence-corrected chi connectivity index (χ4v) is 1.87. The average molecular weight is 299 g/mol. The van der Waals surface area contributed by atoms with Crippen molar-refractivity contribution < 1.29 is 4.79 Å². The number of carbonyl (C=O) groups excluding carboxylic acids is 1. The minimum Gasteiger partial charge on any atom is -0.320 e. The Balaban J connectivity index is 2.68. The van der Waals surface area contributed by atoms with Crippen LogP contribution in [0.4, 0.5) is 0 Å². The Morgan fingerprint density at radius 2 is 2.20 bits per heavy atom. The van der Waals surface area contributed by atoms with Crippen LogP contribution in [0, 0.1) is 6.92 Å². The molecule has 9 heteroatoms. The fraction of sp³-hybridized carbons (Fsp3) is 0.455. The van der Waals surface area contributed by atoms with E-state index >= 15 is 0 Å². The molecule has 0 saturated heterocycles. The standard InChI is InChI=1S/C11H17N5O3S/c1-6-7(9(17)15-11(19)14-6)5-13-16-10(18)8(12)3-4-20-2/h5,8H,3-4,12H2,1-2H3,(H,16,18)(H2,14,15,17,19). The third-order valence-electron chi connectivity index (χ3n) is 2.51. The van der Waals surface area contributed by atoms with Crippen molar-refractivity contribution in [3.8, 4) is 0 Å². The predicted molar refractivity (Wildman–Crippen MR) is 79.1 cm³/mol. The lowest BCUT2D eigenvalue weighted by Crippen LogP contribution is -2.38. The lowest BCUT2D eigenvalue weighted by atomic mass is 10.2. The summed E-state index contributed by atoms with van der Waals surface area (Å²) in [5.41, 5.74) is 7.28. The second-order valence-electron chi connectivity index (χ2n) is 4.07. The lowest BCUT2D eigenvalue weighted by molar-refractivity contribution is -0.122. The average Bonchev–Trinajstić information content (AvgIpc) is 2.38. The van der Waals surface area contributed by atoms with Gasteiger partial charge in [-0.1, -0.05) is 0 Å². The molecule has 1 rings (SSSR count). The number of aromatic nitrogens is 2. The second-order valence-corrected chi connectivity index (χ2v) is 5.05. The zero-order chi connectivity index (χ0) is 15.1. The lowest BCUT2D eigenvalue weighted by Gasteiger charge is -2.08. The van der Waals surface area contributed by atoms with Gasteiger partial charge in [-0.2, -0.15) is 16.9 Å². The number of aromatic amines is 2. The number of nitrogens with two attached hydrogens (primary N) is 1. The van der Waals surface area contributed by atoms with Gasteiger partial charge in [0.25, 0.3) is 11.5 Å². The zero-order valence-electron chi connectivity index (χ0n) is 11.2. The first kappa shape index (κ1) is 16.2. The molecule has 20 heavy (non-hydrogen) atoms. The van der Waals surface area contributed by atoms with E-state index in [1.807, 2.05) is 6.26 Å². The smallest absolute Gasteiger partial charge is 0.320 e. The van der Waals surface area contributed by atoms with E-state index in [-0.39, 0.29) is 5.56 Å². The van der Waals surface area contributed by atoms with Crippen molar-refractivity contribution in [3.63, 3.8) is 0 Å². The van der Waals surface area contributed by atoms with Crippen molar-refractivity contribution >= 4 is 23.9 Å². The summed E-state index contributed by atoms with van der Waals surface area (Å²) in [5, 5.41) is 3.67. The minimum absolute atomic E-state index is 0.169. The van der Waals surface area contributed by atoms with Gasteiger partial charge in [-0.25, -0.2) is 10.2 Å². The number of amides is 1. The largest absolute Gasteiger partial charge is 0.325 e. The van der Waals surface area contributed by atoms with Crippen LogP contribution in [-0.2, 0) is 4.79 Å². The second kappa shape index (κ2) is 7.65. The maximum absolute atomic E-state index is 11.6. The van der Waals surface area contributed by atoms with E-state index in [0.717, 1.165) is 5.75 Å². The number of nitrogens with one attached hydrogen (secondary N) is 3. The maximum atomic E-state index is 11.6. The summed E-state index contributed by atoms with van der Waals surface area (Å²) < 4.78 is 0. The SMILES string of the molecule is CSCCC(N)C(=O)NN=Cc1c(C)[nH]c(=O)[nH]c1=O. The molecule has 1 heterocycles. The summed E-state index contributed by atoms with van der Waals surface area (Å²) in [6.45, 7) is 1.56. The summed E-state index contributed by atoms with van der Waals surface area (Å²) in [4.78, 5) is 38.6. The molecule has 8 nitrogen and oxygen atoms in total. The molecule has 1 aromatic heterocycles. The van der Waals surface area contributed by atoms with Crippen LogP contribution in [-0.4, -0.2) is 40.1 Å². The van der Waals surface area contributed by atoms with Crippen LogP contribution in [0.1, 0.15) is 17.7 Å². The van der Waals surface area contributed by atoms with E-state index in [0.29, 0.717) is 12.1 Å². The number of nitrogens with zero attached hydrogens (tertiary/aromatic N) is 1. The van der Waals surface area contributed by atoms with E-state index < -0.39 is 23.2 Å². The Kier molecular flexibility index (Phi) is 6.19. The third kappa shape index (κ3) is 4.67.